The molecule has 21 heavy (non-hydrogen) atoms. The van der Waals surface area contributed by atoms with Gasteiger partial charge >= 0.3 is 5.97 Å². The lowest BCUT2D eigenvalue weighted by atomic mass is 10.2. The first-order chi connectivity index (χ1) is 10.2. The molecule has 0 radical (unpaired) electrons. The number of imidazole rings is 1. The van der Waals surface area contributed by atoms with Gasteiger partial charge in [0.05, 0.1) is 26.8 Å². The highest BCUT2D eigenvalue weighted by Gasteiger charge is 2.13. The van der Waals surface area contributed by atoms with Crippen LogP contribution in [0.5, 0.6) is 0 Å². The molecule has 2 aromatic heterocycles. The van der Waals surface area contributed by atoms with Crippen LogP contribution in [-0.4, -0.2) is 25.6 Å². The van der Waals surface area contributed by atoms with E-state index in [2.05, 4.69) is 9.97 Å². The van der Waals surface area contributed by atoms with Crippen LogP contribution in [0.4, 0.5) is 0 Å². The molecule has 4 rings (SSSR count). The summed E-state index contributed by atoms with van der Waals surface area (Å²) >= 11 is 1.57. The fourth-order valence-corrected chi connectivity index (χ4v) is 3.12. The zero-order chi connectivity index (χ0) is 14.4. The summed E-state index contributed by atoms with van der Waals surface area (Å²) in [6.45, 7) is 0. The Morgan fingerprint density at radius 2 is 2.10 bits per heavy atom. The van der Waals surface area contributed by atoms with E-state index >= 15 is 0 Å². The van der Waals surface area contributed by atoms with Gasteiger partial charge in [0, 0.05) is 5.69 Å². The average Bonchev–Trinajstić information content (AvgIpc) is 3.12. The molecular formula is C15H9N3O2S. The van der Waals surface area contributed by atoms with Gasteiger partial charge in [-0.1, -0.05) is 6.07 Å². The van der Waals surface area contributed by atoms with E-state index in [4.69, 9.17) is 0 Å². The van der Waals surface area contributed by atoms with Crippen molar-refractivity contribution < 1.29 is 9.90 Å². The largest absolute Gasteiger partial charge is 0.478 e. The molecule has 4 aromatic rings. The molecule has 6 heteroatoms. The van der Waals surface area contributed by atoms with Crippen LogP contribution in [0.15, 0.2) is 48.2 Å². The highest BCUT2D eigenvalue weighted by molar-refractivity contribution is 7.16. The third kappa shape index (κ3) is 1.80. The highest BCUT2D eigenvalue weighted by Crippen LogP contribution is 2.25. The molecule has 0 amide bonds. The van der Waals surface area contributed by atoms with Gasteiger partial charge < -0.3 is 5.11 Å². The Morgan fingerprint density at radius 1 is 1.19 bits per heavy atom. The van der Waals surface area contributed by atoms with Gasteiger partial charge in [-0.2, -0.15) is 0 Å². The van der Waals surface area contributed by atoms with Gasteiger partial charge in [0.15, 0.2) is 0 Å². The summed E-state index contributed by atoms with van der Waals surface area (Å²) in [6.07, 6.45) is 1.65. The number of thiazole rings is 1. The van der Waals surface area contributed by atoms with Crippen LogP contribution >= 0.6 is 11.3 Å². The van der Waals surface area contributed by atoms with E-state index in [0.29, 0.717) is 5.52 Å². The molecule has 2 aromatic carbocycles. The van der Waals surface area contributed by atoms with Crippen molar-refractivity contribution in [3.63, 3.8) is 0 Å². The van der Waals surface area contributed by atoms with Gasteiger partial charge in [0.1, 0.15) is 11.8 Å². The van der Waals surface area contributed by atoms with Crippen molar-refractivity contribution in [3.05, 3.63) is 53.8 Å². The normalized spacial score (nSPS) is 11.2. The molecule has 0 unspecified atom stereocenters. The number of aromatic nitrogens is 3. The monoisotopic (exact) mass is 295 g/mol. The Morgan fingerprint density at radius 3 is 2.95 bits per heavy atom. The quantitative estimate of drug-likeness (QED) is 0.616. The molecule has 0 saturated heterocycles. The molecule has 0 fully saturated rings. The van der Waals surface area contributed by atoms with Crippen molar-refractivity contribution in [2.45, 2.75) is 0 Å². The number of fused-ring (bicyclic) bond motifs is 2. The molecule has 5 nitrogen and oxygen atoms in total. The highest BCUT2D eigenvalue weighted by atomic mass is 32.1. The molecule has 0 bridgehead atoms. The first kappa shape index (κ1) is 12.0. The lowest BCUT2D eigenvalue weighted by Crippen LogP contribution is -1.97. The fraction of sp³-hybridized carbons (Fsp3) is 0. The number of rotatable bonds is 2. The standard InChI is InChI=1S/C15H9N3O2S/c19-15(20)10-2-1-3-12-14(10)16-7-18(12)9-4-5-11-13(6-9)21-8-17-11/h1-8H,(H,19,20). The van der Waals surface area contributed by atoms with Crippen LogP contribution in [-0.2, 0) is 0 Å². The summed E-state index contributed by atoms with van der Waals surface area (Å²) in [5.41, 5.74) is 5.19. The Hall–Kier alpha value is -2.73. The van der Waals surface area contributed by atoms with E-state index < -0.39 is 5.97 Å². The van der Waals surface area contributed by atoms with Crippen LogP contribution in [0, 0.1) is 0 Å². The lowest BCUT2D eigenvalue weighted by molar-refractivity contribution is 0.0699. The second-order valence-electron chi connectivity index (χ2n) is 4.60. The van der Waals surface area contributed by atoms with Crippen molar-refractivity contribution in [3.8, 4) is 5.69 Å². The van der Waals surface area contributed by atoms with E-state index in [9.17, 15) is 9.90 Å². The van der Waals surface area contributed by atoms with E-state index in [-0.39, 0.29) is 5.56 Å². The summed E-state index contributed by atoms with van der Waals surface area (Å²) in [5.74, 6) is -0.969. The minimum absolute atomic E-state index is 0.213. The van der Waals surface area contributed by atoms with Gasteiger partial charge in [-0.3, -0.25) is 4.57 Å². The number of benzene rings is 2. The van der Waals surface area contributed by atoms with Crippen molar-refractivity contribution in [1.29, 1.82) is 0 Å². The van der Waals surface area contributed by atoms with Crippen LogP contribution in [0.25, 0.3) is 26.9 Å². The molecule has 0 atom stereocenters. The van der Waals surface area contributed by atoms with E-state index in [1.54, 1.807) is 29.8 Å². The van der Waals surface area contributed by atoms with Gasteiger partial charge in [-0.15, -0.1) is 11.3 Å². The topological polar surface area (TPSA) is 68.0 Å². The number of hydrogen-bond donors (Lipinski definition) is 1. The molecule has 0 spiro atoms. The Bertz CT molecular complexity index is 987. The summed E-state index contributed by atoms with van der Waals surface area (Å²) in [6, 6.07) is 11.1. The SMILES string of the molecule is O=C(O)c1cccc2c1ncn2-c1ccc2ncsc2c1. The Balaban J connectivity index is 1.98. The maximum Gasteiger partial charge on any atom is 0.337 e. The molecular weight excluding hydrogens is 286 g/mol. The van der Waals surface area contributed by atoms with E-state index in [1.165, 1.54) is 0 Å². The third-order valence-corrected chi connectivity index (χ3v) is 4.19. The van der Waals surface area contributed by atoms with Gasteiger partial charge in [0.25, 0.3) is 0 Å². The number of para-hydroxylation sites is 1. The van der Waals surface area contributed by atoms with Crippen LogP contribution < -0.4 is 0 Å². The minimum atomic E-state index is -0.969. The predicted molar refractivity (Wildman–Crippen MR) is 81.2 cm³/mol. The van der Waals surface area contributed by atoms with Crippen molar-refractivity contribution in [2.75, 3.05) is 0 Å². The second-order valence-corrected chi connectivity index (χ2v) is 5.48. The van der Waals surface area contributed by atoms with Gasteiger partial charge in [-0.25, -0.2) is 14.8 Å². The molecule has 2 heterocycles. The Kier molecular flexibility index (Phi) is 2.52. The van der Waals surface area contributed by atoms with Crippen LogP contribution in [0.1, 0.15) is 10.4 Å². The van der Waals surface area contributed by atoms with Crippen LogP contribution in [0.2, 0.25) is 0 Å². The molecule has 102 valence electrons. The molecule has 0 aliphatic carbocycles. The summed E-state index contributed by atoms with van der Waals surface area (Å²) in [5, 5.41) is 9.22. The summed E-state index contributed by atoms with van der Waals surface area (Å²) < 4.78 is 2.98. The smallest absolute Gasteiger partial charge is 0.337 e. The number of carbonyl (C=O) groups is 1. The van der Waals surface area contributed by atoms with E-state index in [1.807, 2.05) is 34.3 Å². The van der Waals surface area contributed by atoms with Crippen molar-refractivity contribution in [1.82, 2.24) is 14.5 Å². The first-order valence-corrected chi connectivity index (χ1v) is 7.15. The summed E-state index contributed by atoms with van der Waals surface area (Å²) in [7, 11) is 0. The fourth-order valence-electron chi connectivity index (χ4n) is 2.41. The minimum Gasteiger partial charge on any atom is -0.478 e. The van der Waals surface area contributed by atoms with Crippen LogP contribution in [0.3, 0.4) is 0 Å². The van der Waals surface area contributed by atoms with E-state index in [0.717, 1.165) is 21.4 Å². The zero-order valence-corrected chi connectivity index (χ0v) is 11.5. The number of carboxylic acid groups (broad SMARTS) is 1. The number of aromatic carboxylic acids is 1. The molecule has 0 aliphatic heterocycles. The maximum absolute atomic E-state index is 11.2. The van der Waals surface area contributed by atoms with Crippen molar-refractivity contribution >= 4 is 38.6 Å². The van der Waals surface area contributed by atoms with Gasteiger partial charge in [-0.05, 0) is 30.3 Å². The maximum atomic E-state index is 11.2. The number of hydrogen-bond acceptors (Lipinski definition) is 4. The van der Waals surface area contributed by atoms with Gasteiger partial charge in [0.2, 0.25) is 0 Å². The first-order valence-electron chi connectivity index (χ1n) is 6.27. The molecule has 0 aliphatic rings. The number of carboxylic acids is 1. The second kappa shape index (κ2) is 4.39. The van der Waals surface area contributed by atoms with Crippen molar-refractivity contribution in [2.24, 2.45) is 0 Å². The third-order valence-electron chi connectivity index (χ3n) is 3.40. The average molecular weight is 295 g/mol. The molecule has 1 N–H and O–H groups in total. The summed E-state index contributed by atoms with van der Waals surface area (Å²) in [4.78, 5) is 19.8. The number of nitrogens with zero attached hydrogens (tertiary/aromatic N) is 3. The lowest BCUT2D eigenvalue weighted by Gasteiger charge is -2.04. The zero-order valence-electron chi connectivity index (χ0n) is 10.7. The Labute approximate surface area is 123 Å². The molecule has 0 saturated carbocycles. The predicted octanol–water partition coefficient (Wildman–Crippen LogP) is 3.33.